The minimum Gasteiger partial charge on any atom is -0.352 e. The molecule has 4 unspecified atom stereocenters. The van der Waals surface area contributed by atoms with E-state index in [1.807, 2.05) is 18.2 Å². The van der Waals surface area contributed by atoms with E-state index in [0.717, 1.165) is 25.7 Å². The number of hydrogen-bond acceptors (Lipinski definition) is 1. The molecule has 3 heteroatoms. The highest BCUT2D eigenvalue weighted by Gasteiger charge is 2.44. The van der Waals surface area contributed by atoms with Crippen molar-refractivity contribution in [2.24, 2.45) is 5.92 Å². The molecular weight excluding hydrogens is 246 g/mol. The molecule has 18 heavy (non-hydrogen) atoms. The number of carbonyl (C=O) groups is 1. The maximum absolute atomic E-state index is 12.1. The Morgan fingerprint density at radius 3 is 2.67 bits per heavy atom. The molecule has 0 aromatic heterocycles. The van der Waals surface area contributed by atoms with E-state index in [4.69, 9.17) is 11.6 Å². The van der Waals surface area contributed by atoms with Gasteiger partial charge in [0.2, 0.25) is 5.91 Å². The highest BCUT2D eigenvalue weighted by molar-refractivity contribution is 6.21. The molecule has 0 spiro atoms. The monoisotopic (exact) mass is 263 g/mol. The predicted octanol–water partition coefficient (Wildman–Crippen LogP) is 3.07. The summed E-state index contributed by atoms with van der Waals surface area (Å²) in [7, 11) is 0. The van der Waals surface area contributed by atoms with Crippen LogP contribution < -0.4 is 5.32 Å². The zero-order valence-corrected chi connectivity index (χ0v) is 11.1. The lowest BCUT2D eigenvalue weighted by Gasteiger charge is -2.15. The van der Waals surface area contributed by atoms with Gasteiger partial charge in [-0.15, -0.1) is 11.6 Å². The summed E-state index contributed by atoms with van der Waals surface area (Å²) in [6.07, 6.45) is 4.17. The van der Waals surface area contributed by atoms with Crippen molar-refractivity contribution in [3.05, 3.63) is 35.9 Å². The Hall–Kier alpha value is -1.02. The van der Waals surface area contributed by atoms with Crippen LogP contribution in [0.4, 0.5) is 0 Å². The normalized spacial score (nSPS) is 34.3. The predicted molar refractivity (Wildman–Crippen MR) is 72.7 cm³/mol. The molecule has 0 heterocycles. The van der Waals surface area contributed by atoms with Crippen LogP contribution in [0.15, 0.2) is 30.3 Å². The maximum Gasteiger partial charge on any atom is 0.224 e. The largest absolute Gasteiger partial charge is 0.352 e. The van der Waals surface area contributed by atoms with Crippen molar-refractivity contribution in [1.82, 2.24) is 5.32 Å². The second-order valence-electron chi connectivity index (χ2n) is 5.42. The van der Waals surface area contributed by atoms with Gasteiger partial charge in [-0.25, -0.2) is 0 Å². The van der Waals surface area contributed by atoms with Crippen LogP contribution in [0.3, 0.4) is 0 Å². The summed E-state index contributed by atoms with van der Waals surface area (Å²) in [5, 5.41) is 3.25. The van der Waals surface area contributed by atoms with Crippen molar-refractivity contribution in [2.45, 2.75) is 43.0 Å². The number of alkyl halides is 1. The third-order valence-electron chi connectivity index (χ3n) is 4.11. The molecule has 1 N–H and O–H groups in total. The zero-order valence-electron chi connectivity index (χ0n) is 10.3. The summed E-state index contributed by atoms with van der Waals surface area (Å²) in [6, 6.07) is 10.5. The van der Waals surface area contributed by atoms with Crippen LogP contribution in [-0.4, -0.2) is 17.3 Å². The van der Waals surface area contributed by atoms with E-state index < -0.39 is 0 Å². The topological polar surface area (TPSA) is 29.1 Å². The van der Waals surface area contributed by atoms with Crippen molar-refractivity contribution in [3.8, 4) is 0 Å². The standard InChI is InChI=1S/C15H18ClNO/c16-13-7-4-8-14(13)17-15(18)12-9-11(12)10-5-2-1-3-6-10/h1-3,5-6,11-14H,4,7-9H2,(H,17,18). The molecular formula is C15H18ClNO. The fourth-order valence-corrected chi connectivity index (χ4v) is 3.26. The molecule has 0 radical (unpaired) electrons. The van der Waals surface area contributed by atoms with Crippen LogP contribution in [0, 0.1) is 5.92 Å². The fourth-order valence-electron chi connectivity index (χ4n) is 2.92. The Balaban J connectivity index is 1.56. The van der Waals surface area contributed by atoms with E-state index in [0.29, 0.717) is 5.92 Å². The summed E-state index contributed by atoms with van der Waals surface area (Å²) in [5.74, 6) is 0.777. The second kappa shape index (κ2) is 4.93. The number of benzene rings is 1. The van der Waals surface area contributed by atoms with Gasteiger partial charge in [0.05, 0.1) is 5.38 Å². The van der Waals surface area contributed by atoms with Crippen LogP contribution in [0.2, 0.25) is 0 Å². The van der Waals surface area contributed by atoms with Crippen LogP contribution in [0.5, 0.6) is 0 Å². The molecule has 1 amide bonds. The lowest BCUT2D eigenvalue weighted by atomic mass is 10.1. The second-order valence-corrected chi connectivity index (χ2v) is 5.98. The van der Waals surface area contributed by atoms with E-state index in [9.17, 15) is 4.79 Å². The van der Waals surface area contributed by atoms with E-state index in [2.05, 4.69) is 17.4 Å². The minimum atomic E-state index is 0.128. The van der Waals surface area contributed by atoms with Gasteiger partial charge in [-0.2, -0.15) is 0 Å². The van der Waals surface area contributed by atoms with E-state index in [-0.39, 0.29) is 23.2 Å². The summed E-state index contributed by atoms with van der Waals surface area (Å²) in [4.78, 5) is 12.1. The van der Waals surface area contributed by atoms with Crippen molar-refractivity contribution >= 4 is 17.5 Å². The molecule has 4 atom stereocenters. The van der Waals surface area contributed by atoms with Crippen molar-refractivity contribution < 1.29 is 4.79 Å². The van der Waals surface area contributed by atoms with Gasteiger partial charge in [0, 0.05) is 12.0 Å². The van der Waals surface area contributed by atoms with E-state index in [1.54, 1.807) is 0 Å². The number of amides is 1. The molecule has 2 aliphatic rings. The number of halogens is 1. The summed E-state index contributed by atoms with van der Waals surface area (Å²) >= 11 is 6.19. The lowest BCUT2D eigenvalue weighted by molar-refractivity contribution is -0.123. The van der Waals surface area contributed by atoms with Gasteiger partial charge in [-0.05, 0) is 37.2 Å². The van der Waals surface area contributed by atoms with Crippen LogP contribution in [-0.2, 0) is 4.79 Å². The number of hydrogen-bond donors (Lipinski definition) is 1. The van der Waals surface area contributed by atoms with Crippen molar-refractivity contribution in [2.75, 3.05) is 0 Å². The average molecular weight is 264 g/mol. The van der Waals surface area contributed by atoms with Crippen molar-refractivity contribution in [3.63, 3.8) is 0 Å². The van der Waals surface area contributed by atoms with Crippen molar-refractivity contribution in [1.29, 1.82) is 0 Å². The SMILES string of the molecule is O=C(NC1CCCC1Cl)C1CC1c1ccccc1. The first-order valence-electron chi connectivity index (χ1n) is 6.75. The molecule has 2 fully saturated rings. The lowest BCUT2D eigenvalue weighted by Crippen LogP contribution is -2.38. The minimum absolute atomic E-state index is 0.128. The van der Waals surface area contributed by atoms with Gasteiger partial charge >= 0.3 is 0 Å². The molecule has 1 aromatic carbocycles. The van der Waals surface area contributed by atoms with Gasteiger partial charge in [-0.1, -0.05) is 30.3 Å². The van der Waals surface area contributed by atoms with Crippen LogP contribution >= 0.6 is 11.6 Å². The quantitative estimate of drug-likeness (QED) is 0.835. The maximum atomic E-state index is 12.1. The summed E-state index contributed by atoms with van der Waals surface area (Å²) < 4.78 is 0. The molecule has 0 bridgehead atoms. The Morgan fingerprint density at radius 2 is 2.00 bits per heavy atom. The Labute approximate surface area is 113 Å². The third kappa shape index (κ3) is 2.39. The average Bonchev–Trinajstić information content (AvgIpc) is 3.10. The van der Waals surface area contributed by atoms with Crippen LogP contribution in [0.1, 0.15) is 37.2 Å². The van der Waals surface area contributed by atoms with Gasteiger partial charge < -0.3 is 5.32 Å². The van der Waals surface area contributed by atoms with E-state index in [1.165, 1.54) is 5.56 Å². The van der Waals surface area contributed by atoms with Gasteiger partial charge in [-0.3, -0.25) is 4.79 Å². The highest BCUT2D eigenvalue weighted by Crippen LogP contribution is 2.47. The Morgan fingerprint density at radius 1 is 1.22 bits per heavy atom. The summed E-state index contributed by atoms with van der Waals surface area (Å²) in [6.45, 7) is 0. The number of carbonyl (C=O) groups excluding carboxylic acids is 1. The van der Waals surface area contributed by atoms with Gasteiger partial charge in [0.15, 0.2) is 0 Å². The molecule has 2 aliphatic carbocycles. The molecule has 96 valence electrons. The summed E-state index contributed by atoms with van der Waals surface area (Å²) in [5.41, 5.74) is 1.28. The number of nitrogens with one attached hydrogen (secondary N) is 1. The number of rotatable bonds is 3. The smallest absolute Gasteiger partial charge is 0.224 e. The molecule has 0 saturated heterocycles. The van der Waals surface area contributed by atoms with Gasteiger partial charge in [0.1, 0.15) is 0 Å². The Kier molecular flexibility index (Phi) is 3.29. The zero-order chi connectivity index (χ0) is 12.5. The first-order valence-corrected chi connectivity index (χ1v) is 7.19. The van der Waals surface area contributed by atoms with Crippen LogP contribution in [0.25, 0.3) is 0 Å². The first-order chi connectivity index (χ1) is 8.75. The van der Waals surface area contributed by atoms with E-state index >= 15 is 0 Å². The molecule has 3 rings (SSSR count). The fraction of sp³-hybridized carbons (Fsp3) is 0.533. The first kappa shape index (κ1) is 12.0. The molecule has 1 aromatic rings. The highest BCUT2D eigenvalue weighted by atomic mass is 35.5. The molecule has 2 saturated carbocycles. The molecule has 0 aliphatic heterocycles. The Bertz CT molecular complexity index is 433. The third-order valence-corrected chi connectivity index (χ3v) is 4.64. The van der Waals surface area contributed by atoms with Gasteiger partial charge in [0.25, 0.3) is 0 Å². The molecule has 2 nitrogen and oxygen atoms in total.